The van der Waals surface area contributed by atoms with Crippen LogP contribution in [-0.2, 0) is 13.6 Å². The molecule has 0 aliphatic heterocycles. The van der Waals surface area contributed by atoms with Crippen molar-refractivity contribution in [3.8, 4) is 0 Å². The van der Waals surface area contributed by atoms with Crippen molar-refractivity contribution in [1.29, 1.82) is 0 Å². The van der Waals surface area contributed by atoms with E-state index in [0.29, 0.717) is 25.0 Å². The molecule has 0 fully saturated rings. The predicted molar refractivity (Wildman–Crippen MR) is 88.3 cm³/mol. The molecule has 1 N–H and O–H groups in total. The molecule has 0 amide bonds. The van der Waals surface area contributed by atoms with E-state index < -0.39 is 7.82 Å². The number of hydrogen-bond donors (Lipinski definition) is 1. The molecule has 1 radical (unpaired) electrons. The van der Waals surface area contributed by atoms with Gasteiger partial charge in [-0.3, -0.25) is 9.05 Å². The summed E-state index contributed by atoms with van der Waals surface area (Å²) in [6.07, 6.45) is 8.56. The summed E-state index contributed by atoms with van der Waals surface area (Å²) in [6, 6.07) is 0. The maximum Gasteiger partial charge on any atom is 0.472 e. The summed E-state index contributed by atoms with van der Waals surface area (Å²) in [5.41, 5.74) is 0. The van der Waals surface area contributed by atoms with E-state index in [1.165, 1.54) is 0 Å². The Morgan fingerprint density at radius 3 is 1.50 bits per heavy atom. The quantitative estimate of drug-likeness (QED) is 0.345. The molecule has 22 heavy (non-hydrogen) atoms. The summed E-state index contributed by atoms with van der Waals surface area (Å²) in [6.45, 7) is 9.10. The normalized spacial score (nSPS) is 16.6. The van der Waals surface area contributed by atoms with Crippen LogP contribution in [0.5, 0.6) is 0 Å². The molecule has 0 aliphatic carbocycles. The Kier molecular flexibility index (Phi) is 18.4. The van der Waals surface area contributed by atoms with Gasteiger partial charge in [-0.15, -0.1) is 0 Å². The van der Waals surface area contributed by atoms with Crippen LogP contribution in [0, 0.1) is 47.4 Å². The van der Waals surface area contributed by atoms with Crippen LogP contribution in [0.2, 0.25) is 0 Å². The molecule has 131 valence electrons. The van der Waals surface area contributed by atoms with Crippen molar-refractivity contribution in [3.63, 3.8) is 0 Å². The summed E-state index contributed by atoms with van der Waals surface area (Å²) in [5.74, 6) is 0.687. The van der Waals surface area contributed by atoms with E-state index in [4.69, 9.17) is 9.05 Å². The van der Waals surface area contributed by atoms with Crippen molar-refractivity contribution in [2.45, 2.75) is 79.1 Å². The van der Waals surface area contributed by atoms with Crippen molar-refractivity contribution in [2.75, 3.05) is 13.2 Å². The maximum atomic E-state index is 11.9. The summed E-state index contributed by atoms with van der Waals surface area (Å²) in [7, 11) is -3.89. The zero-order chi connectivity index (χ0) is 16.1. The Bertz CT molecular complexity index is 265. The summed E-state index contributed by atoms with van der Waals surface area (Å²) in [5, 5.41) is 0. The van der Waals surface area contributed by atoms with Crippen LogP contribution >= 0.6 is 7.82 Å². The van der Waals surface area contributed by atoms with Gasteiger partial charge >= 0.3 is 7.82 Å². The average Bonchev–Trinajstić information content (AvgIpc) is 2.47. The van der Waals surface area contributed by atoms with Crippen LogP contribution in [-0.4, -0.2) is 18.1 Å². The second kappa shape index (κ2) is 15.8. The largest absolute Gasteiger partial charge is 0.472 e. The van der Waals surface area contributed by atoms with Crippen LogP contribution in [0.4, 0.5) is 0 Å². The first-order valence-corrected chi connectivity index (χ1v) is 10.1. The van der Waals surface area contributed by atoms with Crippen LogP contribution < -0.4 is 0 Å². The smallest absolute Gasteiger partial charge is 0.302 e. The monoisotopic (exact) mass is 461 g/mol. The fourth-order valence-electron chi connectivity index (χ4n) is 2.23. The van der Waals surface area contributed by atoms with E-state index in [1.54, 1.807) is 0 Å². The van der Waals surface area contributed by atoms with Crippen molar-refractivity contribution >= 4 is 7.82 Å². The predicted octanol–water partition coefficient (Wildman–Crippen LogP) is 5.55. The van der Waals surface area contributed by atoms with Crippen LogP contribution in [0.25, 0.3) is 0 Å². The Morgan fingerprint density at radius 1 is 0.864 bits per heavy atom. The standard InChI is InChI=1S/C16H35O4P.La/c1-5-9-11-15(7-3)13-19-21(17,18)20-14-16(8-4)12-10-6-2;/h15-16H,5-14H2,1-4H3,(H,17,18);. The molecular formula is C16H35LaO4P. The minimum atomic E-state index is -3.89. The molecule has 0 saturated heterocycles. The van der Waals surface area contributed by atoms with Gasteiger partial charge < -0.3 is 4.89 Å². The molecule has 0 aromatic carbocycles. The van der Waals surface area contributed by atoms with Gasteiger partial charge in [0.25, 0.3) is 0 Å². The molecule has 0 saturated carbocycles. The molecule has 0 aromatic rings. The average molecular weight is 461 g/mol. The van der Waals surface area contributed by atoms with E-state index in [1.807, 2.05) is 0 Å². The van der Waals surface area contributed by atoms with Crippen LogP contribution in [0.1, 0.15) is 79.1 Å². The zero-order valence-corrected chi connectivity index (χ0v) is 19.4. The van der Waals surface area contributed by atoms with Gasteiger partial charge in [-0.05, 0) is 24.7 Å². The maximum absolute atomic E-state index is 11.9. The zero-order valence-electron chi connectivity index (χ0n) is 14.9. The van der Waals surface area contributed by atoms with Crippen molar-refractivity contribution in [2.24, 2.45) is 11.8 Å². The van der Waals surface area contributed by atoms with E-state index in [2.05, 4.69) is 27.7 Å². The number of hydrogen-bond acceptors (Lipinski definition) is 3. The van der Waals surface area contributed by atoms with Gasteiger partial charge in [0, 0.05) is 35.6 Å². The molecule has 0 aromatic heterocycles. The molecule has 0 aliphatic rings. The first kappa shape index (κ1) is 25.5. The van der Waals surface area contributed by atoms with E-state index in [0.717, 1.165) is 51.4 Å². The first-order chi connectivity index (χ1) is 9.99. The minimum Gasteiger partial charge on any atom is -0.302 e. The van der Waals surface area contributed by atoms with Gasteiger partial charge in [-0.25, -0.2) is 4.57 Å². The Morgan fingerprint density at radius 2 is 1.23 bits per heavy atom. The third-order valence-corrected chi connectivity index (χ3v) is 4.98. The Hall–Kier alpha value is 1.30. The minimum absolute atomic E-state index is 0. The Balaban J connectivity index is 0. The molecule has 0 heterocycles. The van der Waals surface area contributed by atoms with E-state index in [9.17, 15) is 9.46 Å². The van der Waals surface area contributed by atoms with Gasteiger partial charge in [0.05, 0.1) is 13.2 Å². The van der Waals surface area contributed by atoms with Gasteiger partial charge in [-0.2, -0.15) is 0 Å². The van der Waals surface area contributed by atoms with Crippen molar-refractivity contribution in [1.82, 2.24) is 0 Å². The third kappa shape index (κ3) is 13.7. The van der Waals surface area contributed by atoms with Gasteiger partial charge in [0.1, 0.15) is 0 Å². The second-order valence-corrected chi connectivity index (χ2v) is 7.35. The molecule has 2 atom stereocenters. The van der Waals surface area contributed by atoms with Crippen LogP contribution in [0.15, 0.2) is 0 Å². The van der Waals surface area contributed by atoms with E-state index >= 15 is 0 Å². The second-order valence-electron chi connectivity index (χ2n) is 5.89. The fraction of sp³-hybridized carbons (Fsp3) is 1.00. The first-order valence-electron chi connectivity index (χ1n) is 8.60. The molecule has 4 nitrogen and oxygen atoms in total. The van der Waals surface area contributed by atoms with Gasteiger partial charge in [0.15, 0.2) is 0 Å². The summed E-state index contributed by atoms with van der Waals surface area (Å²) in [4.78, 5) is 9.77. The van der Waals surface area contributed by atoms with Gasteiger partial charge in [-0.1, -0.05) is 66.2 Å². The fourth-order valence-corrected chi connectivity index (χ4v) is 3.11. The van der Waals surface area contributed by atoms with Gasteiger partial charge in [0.2, 0.25) is 0 Å². The number of unbranched alkanes of at least 4 members (excludes halogenated alkanes) is 2. The summed E-state index contributed by atoms with van der Waals surface area (Å²) >= 11 is 0. The van der Waals surface area contributed by atoms with Crippen molar-refractivity contribution in [3.05, 3.63) is 0 Å². The van der Waals surface area contributed by atoms with Crippen molar-refractivity contribution < 1.29 is 54.1 Å². The number of rotatable bonds is 14. The molecule has 6 heteroatoms. The number of phosphoric ester groups is 1. The topological polar surface area (TPSA) is 55.8 Å². The number of phosphoric acid groups is 1. The molecule has 2 unspecified atom stereocenters. The van der Waals surface area contributed by atoms with E-state index in [-0.39, 0.29) is 35.6 Å². The third-order valence-electron chi connectivity index (χ3n) is 4.03. The SMILES string of the molecule is CCCCC(CC)COP(=O)(O)OCC(CC)CCCC.[La]. The molecular weight excluding hydrogens is 426 g/mol. The molecule has 0 bridgehead atoms. The Labute approximate surface area is 165 Å². The molecule has 0 spiro atoms. The van der Waals surface area contributed by atoms with Crippen LogP contribution in [0.3, 0.4) is 0 Å². The molecule has 0 rings (SSSR count). The summed E-state index contributed by atoms with van der Waals surface area (Å²) < 4.78 is 22.2.